The topological polar surface area (TPSA) is 86.8 Å². The highest BCUT2D eigenvalue weighted by Crippen LogP contribution is 2.60. The molecule has 4 saturated carbocycles. The third-order valence-electron chi connectivity index (χ3n) is 8.82. The fraction of sp³-hybridized carbons (Fsp3) is 0.615. The zero-order valence-electron chi connectivity index (χ0n) is 18.9. The van der Waals surface area contributed by atoms with Gasteiger partial charge in [0.05, 0.1) is 16.5 Å². The minimum Gasteiger partial charge on any atom is -0.352 e. The molecule has 7 nitrogen and oxygen atoms in total. The predicted molar refractivity (Wildman–Crippen MR) is 120 cm³/mol. The molecule has 6 aliphatic rings. The second kappa shape index (κ2) is 7.67. The molecule has 1 saturated heterocycles. The lowest BCUT2D eigenvalue weighted by molar-refractivity contribution is -0.158. The van der Waals surface area contributed by atoms with Crippen LogP contribution in [0.5, 0.6) is 0 Å². The molecular weight excluding hydrogens is 418 g/mol. The van der Waals surface area contributed by atoms with Gasteiger partial charge >= 0.3 is 0 Å². The van der Waals surface area contributed by atoms with Crippen molar-refractivity contribution in [2.75, 3.05) is 19.6 Å². The van der Waals surface area contributed by atoms with E-state index in [1.807, 2.05) is 4.90 Å². The largest absolute Gasteiger partial charge is 0.352 e. The van der Waals surface area contributed by atoms with Crippen molar-refractivity contribution in [2.24, 2.45) is 23.2 Å². The smallest absolute Gasteiger partial charge is 0.262 e. The Hall–Kier alpha value is -2.70. The molecule has 5 fully saturated rings. The summed E-state index contributed by atoms with van der Waals surface area (Å²) in [7, 11) is 0. The van der Waals surface area contributed by atoms with Crippen molar-refractivity contribution in [3.05, 3.63) is 35.4 Å². The first-order chi connectivity index (χ1) is 15.9. The van der Waals surface area contributed by atoms with Crippen molar-refractivity contribution in [1.82, 2.24) is 15.1 Å². The quantitative estimate of drug-likeness (QED) is 0.716. The molecular formula is C26H31N3O4. The summed E-state index contributed by atoms with van der Waals surface area (Å²) in [6.45, 7) is 1.07. The Kier molecular flexibility index (Phi) is 4.85. The number of carbonyl (C=O) groups excluding carboxylic acids is 4. The molecule has 0 atom stereocenters. The van der Waals surface area contributed by atoms with E-state index in [1.165, 1.54) is 19.3 Å². The van der Waals surface area contributed by atoms with E-state index in [0.717, 1.165) is 41.9 Å². The van der Waals surface area contributed by atoms with Crippen LogP contribution in [-0.4, -0.2) is 59.1 Å². The third-order valence-corrected chi connectivity index (χ3v) is 8.82. The van der Waals surface area contributed by atoms with Gasteiger partial charge in [-0.1, -0.05) is 12.1 Å². The highest BCUT2D eigenvalue weighted by molar-refractivity contribution is 6.22. The van der Waals surface area contributed by atoms with Gasteiger partial charge < -0.3 is 10.2 Å². The molecule has 33 heavy (non-hydrogen) atoms. The van der Waals surface area contributed by atoms with Gasteiger partial charge in [-0.2, -0.15) is 0 Å². The Morgan fingerprint density at radius 3 is 1.91 bits per heavy atom. The summed E-state index contributed by atoms with van der Waals surface area (Å²) < 4.78 is 0. The summed E-state index contributed by atoms with van der Waals surface area (Å²) >= 11 is 0. The molecule has 1 N–H and O–H groups in total. The zero-order valence-corrected chi connectivity index (χ0v) is 18.9. The molecule has 4 bridgehead atoms. The first-order valence-electron chi connectivity index (χ1n) is 12.5. The second-order valence-corrected chi connectivity index (χ2v) is 11.1. The molecule has 0 unspecified atom stereocenters. The fourth-order valence-electron chi connectivity index (χ4n) is 7.73. The van der Waals surface area contributed by atoms with Crippen LogP contribution in [0.2, 0.25) is 0 Å². The van der Waals surface area contributed by atoms with Crippen molar-refractivity contribution >= 4 is 23.6 Å². The molecule has 1 aromatic rings. The van der Waals surface area contributed by atoms with E-state index in [0.29, 0.717) is 43.0 Å². The maximum absolute atomic E-state index is 13.5. The number of hydrogen-bond acceptors (Lipinski definition) is 4. The maximum Gasteiger partial charge on any atom is 0.262 e. The number of nitrogens with zero attached hydrogens (tertiary/aromatic N) is 2. The van der Waals surface area contributed by atoms with E-state index in [1.54, 1.807) is 24.3 Å². The minimum atomic E-state index is -0.415. The van der Waals surface area contributed by atoms with Crippen molar-refractivity contribution in [3.63, 3.8) is 0 Å². The van der Waals surface area contributed by atoms with E-state index in [9.17, 15) is 19.2 Å². The van der Waals surface area contributed by atoms with Crippen LogP contribution in [0.1, 0.15) is 72.1 Å². The van der Waals surface area contributed by atoms with Crippen LogP contribution in [0, 0.1) is 23.2 Å². The van der Waals surface area contributed by atoms with Crippen LogP contribution in [0.15, 0.2) is 24.3 Å². The van der Waals surface area contributed by atoms with Gasteiger partial charge in [0.1, 0.15) is 6.54 Å². The molecule has 0 aromatic heterocycles. The third kappa shape index (κ3) is 3.47. The molecule has 7 rings (SSSR count). The minimum absolute atomic E-state index is 0.0342. The standard InChI is InChI=1S/C26H31N3O4/c30-22(15-29-23(31)20-3-1-2-4-21(20)24(29)32)27-19-5-7-28(8-6-19)25(33)26-12-16-9-17(13-26)11-18(10-16)14-26/h1-4,16-19H,5-15H2,(H,27,30). The predicted octanol–water partition coefficient (Wildman–Crippen LogP) is 2.61. The highest BCUT2D eigenvalue weighted by Gasteiger charge is 2.55. The highest BCUT2D eigenvalue weighted by atomic mass is 16.2. The first kappa shape index (κ1) is 20.9. The van der Waals surface area contributed by atoms with E-state index < -0.39 is 11.8 Å². The van der Waals surface area contributed by atoms with Gasteiger partial charge in [-0.25, -0.2) is 0 Å². The number of fused-ring (bicyclic) bond motifs is 1. The van der Waals surface area contributed by atoms with Crippen LogP contribution in [-0.2, 0) is 9.59 Å². The SMILES string of the molecule is O=C(CN1C(=O)c2ccccc2C1=O)NC1CCN(C(=O)C23CC4CC(CC(C4)C2)C3)CC1. The number of hydrogen-bond donors (Lipinski definition) is 1. The Morgan fingerprint density at radius 1 is 0.879 bits per heavy atom. The average Bonchev–Trinajstić information content (AvgIpc) is 3.03. The zero-order chi connectivity index (χ0) is 22.7. The summed E-state index contributed by atoms with van der Waals surface area (Å²) in [5.74, 6) is 1.45. The van der Waals surface area contributed by atoms with Gasteiger partial charge in [-0.15, -0.1) is 0 Å². The normalized spacial score (nSPS) is 32.9. The molecule has 0 radical (unpaired) electrons. The molecule has 4 amide bonds. The second-order valence-electron chi connectivity index (χ2n) is 11.1. The van der Waals surface area contributed by atoms with Crippen LogP contribution in [0.4, 0.5) is 0 Å². The van der Waals surface area contributed by atoms with E-state index in [-0.39, 0.29) is 23.9 Å². The van der Waals surface area contributed by atoms with Crippen molar-refractivity contribution in [3.8, 4) is 0 Å². The number of likely N-dealkylation sites (tertiary alicyclic amines) is 1. The van der Waals surface area contributed by atoms with Gasteiger partial charge in [0.25, 0.3) is 11.8 Å². The van der Waals surface area contributed by atoms with Gasteiger partial charge in [-0.05, 0) is 81.3 Å². The van der Waals surface area contributed by atoms with Crippen LogP contribution in [0.25, 0.3) is 0 Å². The number of benzene rings is 1. The number of imide groups is 1. The van der Waals surface area contributed by atoms with Gasteiger partial charge in [0.2, 0.25) is 11.8 Å². The Morgan fingerprint density at radius 2 is 1.39 bits per heavy atom. The summed E-state index contributed by atoms with van der Waals surface area (Å²) in [4.78, 5) is 54.2. The Bertz CT molecular complexity index is 956. The summed E-state index contributed by atoms with van der Waals surface area (Å²) in [5, 5.41) is 2.99. The summed E-state index contributed by atoms with van der Waals surface area (Å²) in [5.41, 5.74) is 0.592. The molecule has 0 spiro atoms. The lowest BCUT2D eigenvalue weighted by Gasteiger charge is -2.57. The molecule has 7 heteroatoms. The van der Waals surface area contributed by atoms with E-state index >= 15 is 0 Å². The van der Waals surface area contributed by atoms with Gasteiger partial charge in [0.15, 0.2) is 0 Å². The monoisotopic (exact) mass is 449 g/mol. The van der Waals surface area contributed by atoms with Gasteiger partial charge in [0, 0.05) is 19.1 Å². The summed E-state index contributed by atoms with van der Waals surface area (Å²) in [6, 6.07) is 6.62. The number of piperidine rings is 1. The molecule has 2 heterocycles. The van der Waals surface area contributed by atoms with Crippen molar-refractivity contribution in [2.45, 2.75) is 57.4 Å². The fourth-order valence-corrected chi connectivity index (χ4v) is 7.73. The van der Waals surface area contributed by atoms with Crippen molar-refractivity contribution < 1.29 is 19.2 Å². The molecule has 1 aromatic carbocycles. The van der Waals surface area contributed by atoms with E-state index in [4.69, 9.17) is 0 Å². The lowest BCUT2D eigenvalue weighted by atomic mass is 9.49. The van der Waals surface area contributed by atoms with Crippen LogP contribution >= 0.6 is 0 Å². The van der Waals surface area contributed by atoms with E-state index in [2.05, 4.69) is 5.32 Å². The lowest BCUT2D eigenvalue weighted by Crippen LogP contribution is -2.57. The van der Waals surface area contributed by atoms with Crippen LogP contribution in [0.3, 0.4) is 0 Å². The molecule has 4 aliphatic carbocycles. The van der Waals surface area contributed by atoms with Crippen LogP contribution < -0.4 is 5.32 Å². The molecule has 174 valence electrons. The average molecular weight is 450 g/mol. The van der Waals surface area contributed by atoms with Crippen molar-refractivity contribution in [1.29, 1.82) is 0 Å². The Balaban J connectivity index is 1.02. The number of nitrogens with one attached hydrogen (secondary N) is 1. The van der Waals surface area contributed by atoms with Gasteiger partial charge in [-0.3, -0.25) is 24.1 Å². The first-order valence-corrected chi connectivity index (χ1v) is 12.5. The number of amides is 4. The Labute approximate surface area is 193 Å². The number of carbonyl (C=O) groups is 4. The number of rotatable bonds is 4. The molecule has 2 aliphatic heterocycles. The summed E-state index contributed by atoms with van der Waals surface area (Å²) in [6.07, 6.45) is 8.64. The maximum atomic E-state index is 13.5.